The number of rotatable bonds is 15. The molecule has 0 saturated carbocycles. The van der Waals surface area contributed by atoms with E-state index in [1.54, 1.807) is 24.3 Å². The molecule has 0 fully saturated rings. The quantitative estimate of drug-likeness (QED) is 0.172. The van der Waals surface area contributed by atoms with Crippen LogP contribution in [0.2, 0.25) is 0 Å². The number of hydrogen-bond acceptors (Lipinski definition) is 2. The summed E-state index contributed by atoms with van der Waals surface area (Å²) in [5.74, 6) is -0.839. The molecule has 2 heteroatoms. The highest BCUT2D eigenvalue weighted by atomic mass is 16.2. The fourth-order valence-electron chi connectivity index (χ4n) is 3.77. The average Bonchev–Trinajstić information content (AvgIpc) is 2.79. The number of carbonyl (C=O) groups excluding carboxylic acids is 2. The van der Waals surface area contributed by atoms with Gasteiger partial charge in [-0.3, -0.25) is 9.59 Å². The van der Waals surface area contributed by atoms with Gasteiger partial charge < -0.3 is 0 Å². The molecule has 162 valence electrons. The van der Waals surface area contributed by atoms with E-state index < -0.39 is 11.6 Å². The number of ketones is 2. The Morgan fingerprint density at radius 3 is 1.17 bits per heavy atom. The fourth-order valence-corrected chi connectivity index (χ4v) is 3.77. The summed E-state index contributed by atoms with van der Waals surface area (Å²) >= 11 is 0. The fraction of sp³-hybridized carbons (Fsp3) is 0.500. The van der Waals surface area contributed by atoms with E-state index in [1.807, 2.05) is 24.3 Å². The van der Waals surface area contributed by atoms with Gasteiger partial charge in [0.15, 0.2) is 0 Å². The van der Waals surface area contributed by atoms with E-state index in [0.717, 1.165) is 12.8 Å². The molecular formula is C28H38O2. The summed E-state index contributed by atoms with van der Waals surface area (Å²) in [5.41, 5.74) is 3.43. The van der Waals surface area contributed by atoms with Gasteiger partial charge in [0.2, 0.25) is 11.6 Å². The second kappa shape index (κ2) is 13.9. The van der Waals surface area contributed by atoms with E-state index in [0.29, 0.717) is 11.1 Å². The second-order valence-corrected chi connectivity index (χ2v) is 8.38. The molecule has 0 saturated heterocycles. The Balaban J connectivity index is 1.83. The average molecular weight is 407 g/mol. The monoisotopic (exact) mass is 406 g/mol. The summed E-state index contributed by atoms with van der Waals surface area (Å²) in [5, 5.41) is 0. The maximum absolute atomic E-state index is 12.6. The predicted molar refractivity (Wildman–Crippen MR) is 126 cm³/mol. The molecule has 2 rings (SSSR count). The third-order valence-electron chi connectivity index (χ3n) is 5.78. The molecule has 0 N–H and O–H groups in total. The molecule has 0 spiro atoms. The molecule has 2 aromatic carbocycles. The largest absolute Gasteiger partial charge is 0.285 e. The molecule has 2 nitrogen and oxygen atoms in total. The van der Waals surface area contributed by atoms with Gasteiger partial charge in [-0.2, -0.15) is 0 Å². The number of hydrogen-bond donors (Lipinski definition) is 0. The highest BCUT2D eigenvalue weighted by Crippen LogP contribution is 2.15. The Morgan fingerprint density at radius 1 is 0.500 bits per heavy atom. The summed E-state index contributed by atoms with van der Waals surface area (Å²) in [6.45, 7) is 4.45. The molecule has 0 bridgehead atoms. The van der Waals surface area contributed by atoms with Crippen molar-refractivity contribution in [3.8, 4) is 0 Å². The Hall–Kier alpha value is -2.22. The Kier molecular flexibility index (Phi) is 11.1. The zero-order valence-electron chi connectivity index (χ0n) is 18.9. The Bertz CT molecular complexity index is 689. The Morgan fingerprint density at radius 2 is 0.833 bits per heavy atom. The topological polar surface area (TPSA) is 34.1 Å². The smallest absolute Gasteiger partial charge is 0.233 e. The summed E-state index contributed by atoms with van der Waals surface area (Å²) in [6.07, 6.45) is 14.6. The van der Waals surface area contributed by atoms with Crippen molar-refractivity contribution in [2.75, 3.05) is 0 Å². The Labute approximate surface area is 183 Å². The molecule has 0 amide bonds. The van der Waals surface area contributed by atoms with E-state index in [2.05, 4.69) is 13.8 Å². The number of carbonyl (C=O) groups is 2. The van der Waals surface area contributed by atoms with Gasteiger partial charge in [0.05, 0.1) is 0 Å². The lowest BCUT2D eigenvalue weighted by Crippen LogP contribution is -2.14. The zero-order valence-corrected chi connectivity index (χ0v) is 18.9. The van der Waals surface area contributed by atoms with Crippen molar-refractivity contribution in [3.05, 3.63) is 70.8 Å². The van der Waals surface area contributed by atoms with Crippen molar-refractivity contribution >= 4 is 11.6 Å². The van der Waals surface area contributed by atoms with Gasteiger partial charge in [0.1, 0.15) is 0 Å². The molecular weight excluding hydrogens is 368 g/mol. The first-order valence-electron chi connectivity index (χ1n) is 11.9. The van der Waals surface area contributed by atoms with Crippen molar-refractivity contribution in [3.63, 3.8) is 0 Å². The van der Waals surface area contributed by atoms with Crippen LogP contribution in [0.15, 0.2) is 48.5 Å². The summed E-state index contributed by atoms with van der Waals surface area (Å²) in [7, 11) is 0. The molecule has 2 aromatic rings. The zero-order chi connectivity index (χ0) is 21.6. The van der Waals surface area contributed by atoms with Crippen LogP contribution < -0.4 is 0 Å². The van der Waals surface area contributed by atoms with Gasteiger partial charge in [0, 0.05) is 11.1 Å². The second-order valence-electron chi connectivity index (χ2n) is 8.38. The summed E-state index contributed by atoms with van der Waals surface area (Å²) < 4.78 is 0. The first-order chi connectivity index (χ1) is 14.7. The minimum Gasteiger partial charge on any atom is -0.285 e. The van der Waals surface area contributed by atoms with Crippen LogP contribution in [0, 0.1) is 0 Å². The van der Waals surface area contributed by atoms with Gasteiger partial charge in [-0.25, -0.2) is 0 Å². The van der Waals surface area contributed by atoms with Crippen LogP contribution in [0.3, 0.4) is 0 Å². The first-order valence-corrected chi connectivity index (χ1v) is 11.9. The molecule has 0 radical (unpaired) electrons. The third kappa shape index (κ3) is 8.26. The molecule has 0 aliphatic heterocycles. The summed E-state index contributed by atoms with van der Waals surface area (Å²) in [4.78, 5) is 25.2. The van der Waals surface area contributed by atoms with Crippen LogP contribution in [-0.2, 0) is 12.8 Å². The van der Waals surface area contributed by atoms with Crippen LogP contribution in [0.5, 0.6) is 0 Å². The molecule has 0 aromatic heterocycles. The molecule has 0 unspecified atom stereocenters. The normalized spacial score (nSPS) is 10.9. The molecule has 0 atom stereocenters. The maximum Gasteiger partial charge on any atom is 0.233 e. The predicted octanol–water partition coefficient (Wildman–Crippen LogP) is 7.78. The van der Waals surface area contributed by atoms with Crippen LogP contribution in [0.25, 0.3) is 0 Å². The van der Waals surface area contributed by atoms with Crippen LogP contribution >= 0.6 is 0 Å². The van der Waals surface area contributed by atoms with E-state index in [1.165, 1.54) is 75.3 Å². The maximum atomic E-state index is 12.6. The van der Waals surface area contributed by atoms with E-state index in [4.69, 9.17) is 0 Å². The first kappa shape index (κ1) is 24.1. The van der Waals surface area contributed by atoms with Gasteiger partial charge >= 0.3 is 0 Å². The summed E-state index contributed by atoms with van der Waals surface area (Å²) in [6, 6.07) is 15.1. The number of benzene rings is 2. The van der Waals surface area contributed by atoms with Crippen molar-refractivity contribution in [1.82, 2.24) is 0 Å². The van der Waals surface area contributed by atoms with Gasteiger partial charge in [0.25, 0.3) is 0 Å². The minimum atomic E-state index is -0.420. The minimum absolute atomic E-state index is 0.420. The third-order valence-corrected chi connectivity index (χ3v) is 5.78. The molecule has 30 heavy (non-hydrogen) atoms. The number of Topliss-reactive ketones (excluding diaryl/α,β-unsaturated/α-hetero) is 2. The standard InChI is InChI=1S/C28H38O2/c1-3-5-7-9-11-13-23-15-19-25(20-16-23)27(29)28(30)26-21-17-24(18-22-26)14-12-10-8-6-4-2/h15-22H,3-14H2,1-2H3. The van der Waals surface area contributed by atoms with Crippen molar-refractivity contribution < 1.29 is 9.59 Å². The van der Waals surface area contributed by atoms with E-state index in [9.17, 15) is 9.59 Å². The van der Waals surface area contributed by atoms with Crippen LogP contribution in [0.4, 0.5) is 0 Å². The van der Waals surface area contributed by atoms with Crippen molar-refractivity contribution in [2.24, 2.45) is 0 Å². The SMILES string of the molecule is CCCCCCCc1ccc(C(=O)C(=O)c2ccc(CCCCCCC)cc2)cc1. The van der Waals surface area contributed by atoms with E-state index >= 15 is 0 Å². The lowest BCUT2D eigenvalue weighted by Gasteiger charge is -2.06. The van der Waals surface area contributed by atoms with Crippen LogP contribution in [0.1, 0.15) is 110 Å². The molecule has 0 heterocycles. The van der Waals surface area contributed by atoms with Crippen molar-refractivity contribution in [2.45, 2.75) is 90.9 Å². The van der Waals surface area contributed by atoms with Gasteiger partial charge in [-0.15, -0.1) is 0 Å². The van der Waals surface area contributed by atoms with E-state index in [-0.39, 0.29) is 0 Å². The van der Waals surface area contributed by atoms with Gasteiger partial charge in [-0.05, 0) is 36.8 Å². The number of aryl methyl sites for hydroxylation is 2. The lowest BCUT2D eigenvalue weighted by molar-refractivity contribution is 0.0817. The van der Waals surface area contributed by atoms with Crippen LogP contribution in [-0.4, -0.2) is 11.6 Å². The van der Waals surface area contributed by atoms with Gasteiger partial charge in [-0.1, -0.05) is 114 Å². The highest BCUT2D eigenvalue weighted by Gasteiger charge is 2.18. The number of unbranched alkanes of at least 4 members (excludes halogenated alkanes) is 8. The van der Waals surface area contributed by atoms with Crippen molar-refractivity contribution in [1.29, 1.82) is 0 Å². The highest BCUT2D eigenvalue weighted by molar-refractivity contribution is 6.49. The molecule has 0 aliphatic rings. The lowest BCUT2D eigenvalue weighted by atomic mass is 9.97. The molecule has 0 aliphatic carbocycles.